The van der Waals surface area contributed by atoms with E-state index in [0.29, 0.717) is 27.8 Å². The molecule has 0 aliphatic heterocycles. The molecule has 0 saturated carbocycles. The number of aromatic nitrogens is 2. The fourth-order valence-corrected chi connectivity index (χ4v) is 3.08. The molecule has 0 bridgehead atoms. The first-order valence-electron chi connectivity index (χ1n) is 8.20. The molecule has 0 atom stereocenters. The minimum atomic E-state index is -0.442. The Morgan fingerprint density at radius 3 is 2.67 bits per heavy atom. The number of hydrogen-bond acceptors (Lipinski definition) is 4. The fourth-order valence-electron chi connectivity index (χ4n) is 2.79. The Morgan fingerprint density at radius 1 is 1.33 bits per heavy atom. The Balaban J connectivity index is 2.31. The molecular weight excluding hydrogens is 326 g/mol. The number of rotatable bonds is 7. The van der Waals surface area contributed by atoms with E-state index in [-0.39, 0.29) is 5.56 Å². The lowest BCUT2D eigenvalue weighted by Gasteiger charge is -2.15. The van der Waals surface area contributed by atoms with Crippen molar-refractivity contribution in [2.24, 2.45) is 0 Å². The van der Waals surface area contributed by atoms with Crippen molar-refractivity contribution in [2.75, 3.05) is 26.7 Å². The number of carbonyl (C=O) groups is 1. The van der Waals surface area contributed by atoms with Crippen molar-refractivity contribution >= 4 is 29.1 Å². The molecule has 7 heteroatoms. The summed E-state index contributed by atoms with van der Waals surface area (Å²) >= 11 is 5.32. The average Bonchev–Trinajstić information content (AvgIpc) is 2.60. The van der Waals surface area contributed by atoms with Crippen molar-refractivity contribution in [1.82, 2.24) is 9.55 Å². The summed E-state index contributed by atoms with van der Waals surface area (Å²) in [6, 6.07) is 4.83. The average molecular weight is 350 g/mol. The van der Waals surface area contributed by atoms with E-state index in [9.17, 15) is 9.59 Å². The molecule has 0 fully saturated rings. The molecular formula is C17H24N3O3S+. The zero-order valence-corrected chi connectivity index (χ0v) is 15.2. The molecule has 0 amide bonds. The van der Waals surface area contributed by atoms with Crippen LogP contribution in [0.3, 0.4) is 0 Å². The van der Waals surface area contributed by atoms with Gasteiger partial charge in [-0.15, -0.1) is 0 Å². The zero-order chi connectivity index (χ0) is 17.7. The standard InChI is InChI=1S/C17H23N3O3S/c1-4-19(5-2)9-6-10-20-15(21)13-8-7-12(16(22)23-3)11-14(13)18-17(20)24/h7-8,11H,4-6,9-10H2,1-3H3,(H,18,24)/p+1. The molecule has 1 aromatic carbocycles. The van der Waals surface area contributed by atoms with Crippen molar-refractivity contribution in [3.63, 3.8) is 0 Å². The number of quaternary nitrogens is 1. The molecule has 6 nitrogen and oxygen atoms in total. The van der Waals surface area contributed by atoms with Crippen LogP contribution in [-0.2, 0) is 11.3 Å². The van der Waals surface area contributed by atoms with Crippen LogP contribution >= 0.6 is 12.2 Å². The fraction of sp³-hybridized carbons (Fsp3) is 0.471. The van der Waals surface area contributed by atoms with Crippen molar-refractivity contribution in [3.05, 3.63) is 38.9 Å². The van der Waals surface area contributed by atoms with Gasteiger partial charge in [0, 0.05) is 13.0 Å². The number of fused-ring (bicyclic) bond motifs is 1. The third kappa shape index (κ3) is 3.91. The highest BCUT2D eigenvalue weighted by atomic mass is 32.1. The van der Waals surface area contributed by atoms with E-state index in [2.05, 4.69) is 18.8 Å². The van der Waals surface area contributed by atoms with Gasteiger partial charge in [-0.3, -0.25) is 9.36 Å². The topological polar surface area (TPSA) is 68.5 Å². The van der Waals surface area contributed by atoms with Crippen LogP contribution in [0.5, 0.6) is 0 Å². The van der Waals surface area contributed by atoms with Crippen LogP contribution in [0.15, 0.2) is 23.0 Å². The van der Waals surface area contributed by atoms with Crippen LogP contribution in [0, 0.1) is 4.77 Å². The number of benzene rings is 1. The molecule has 0 radical (unpaired) electrons. The van der Waals surface area contributed by atoms with E-state index in [1.165, 1.54) is 12.0 Å². The summed E-state index contributed by atoms with van der Waals surface area (Å²) in [6.07, 6.45) is 0.889. The number of esters is 1. The first kappa shape index (κ1) is 18.4. The predicted molar refractivity (Wildman–Crippen MR) is 96.3 cm³/mol. The van der Waals surface area contributed by atoms with Crippen molar-refractivity contribution in [1.29, 1.82) is 0 Å². The lowest BCUT2D eigenvalue weighted by atomic mass is 10.1. The smallest absolute Gasteiger partial charge is 0.337 e. The van der Waals surface area contributed by atoms with Gasteiger partial charge in [-0.1, -0.05) is 0 Å². The minimum absolute atomic E-state index is 0.125. The number of nitrogens with zero attached hydrogens (tertiary/aromatic N) is 1. The maximum atomic E-state index is 12.7. The van der Waals surface area contributed by atoms with E-state index in [0.717, 1.165) is 26.1 Å². The second-order valence-electron chi connectivity index (χ2n) is 5.70. The molecule has 2 aromatic rings. The predicted octanol–water partition coefficient (Wildman–Crippen LogP) is 1.16. The van der Waals surface area contributed by atoms with Crippen LogP contribution in [-0.4, -0.2) is 42.3 Å². The SMILES string of the molecule is CC[NH+](CC)CCCn1c(=S)[nH]c2cc(C(=O)OC)ccc2c1=O. The summed E-state index contributed by atoms with van der Waals surface area (Å²) in [6.45, 7) is 8.07. The number of H-pyrrole nitrogens is 1. The van der Waals surface area contributed by atoms with Crippen LogP contribution in [0.2, 0.25) is 0 Å². The molecule has 0 aliphatic rings. The maximum absolute atomic E-state index is 12.7. The first-order valence-corrected chi connectivity index (χ1v) is 8.61. The van der Waals surface area contributed by atoms with Crippen LogP contribution in [0.1, 0.15) is 30.6 Å². The Morgan fingerprint density at radius 2 is 2.04 bits per heavy atom. The van der Waals surface area contributed by atoms with Gasteiger partial charge in [0.15, 0.2) is 4.77 Å². The third-order valence-electron chi connectivity index (χ3n) is 4.32. The normalized spacial score (nSPS) is 11.2. The summed E-state index contributed by atoms with van der Waals surface area (Å²) in [5.41, 5.74) is 0.816. The molecule has 2 rings (SSSR count). The lowest BCUT2D eigenvalue weighted by Crippen LogP contribution is -3.11. The summed E-state index contributed by atoms with van der Waals surface area (Å²) in [4.78, 5) is 28.8. The van der Waals surface area contributed by atoms with Gasteiger partial charge in [0.25, 0.3) is 5.56 Å². The van der Waals surface area contributed by atoms with E-state index >= 15 is 0 Å². The van der Waals surface area contributed by atoms with Crippen LogP contribution in [0.4, 0.5) is 0 Å². The van der Waals surface area contributed by atoms with Gasteiger partial charge < -0.3 is 14.6 Å². The second-order valence-corrected chi connectivity index (χ2v) is 6.09. The van der Waals surface area contributed by atoms with Crippen LogP contribution < -0.4 is 10.5 Å². The Hall–Kier alpha value is -1.99. The number of carbonyl (C=O) groups excluding carboxylic acids is 1. The highest BCUT2D eigenvalue weighted by Gasteiger charge is 2.11. The number of hydrogen-bond donors (Lipinski definition) is 2. The second kappa shape index (κ2) is 8.21. The number of nitrogens with one attached hydrogen (secondary N) is 2. The van der Waals surface area contributed by atoms with E-state index < -0.39 is 5.97 Å². The summed E-state index contributed by atoms with van der Waals surface area (Å²) < 4.78 is 6.68. The highest BCUT2D eigenvalue weighted by Crippen LogP contribution is 2.11. The van der Waals surface area contributed by atoms with Gasteiger partial charge in [0.1, 0.15) is 0 Å². The third-order valence-corrected chi connectivity index (χ3v) is 4.64. The Bertz CT molecular complexity index is 837. The molecule has 1 heterocycles. The molecule has 24 heavy (non-hydrogen) atoms. The van der Waals surface area contributed by atoms with Crippen molar-refractivity contribution in [3.8, 4) is 0 Å². The van der Waals surface area contributed by atoms with Gasteiger partial charge in [0.05, 0.1) is 43.2 Å². The van der Waals surface area contributed by atoms with Gasteiger partial charge in [-0.2, -0.15) is 0 Å². The van der Waals surface area contributed by atoms with Gasteiger partial charge in [0.2, 0.25) is 0 Å². The molecule has 130 valence electrons. The molecule has 0 spiro atoms. The zero-order valence-electron chi connectivity index (χ0n) is 14.3. The minimum Gasteiger partial charge on any atom is -0.465 e. The first-order chi connectivity index (χ1) is 11.5. The molecule has 2 N–H and O–H groups in total. The highest BCUT2D eigenvalue weighted by molar-refractivity contribution is 7.71. The summed E-state index contributed by atoms with van der Waals surface area (Å²) in [5, 5.41) is 0.520. The van der Waals surface area contributed by atoms with Gasteiger partial charge in [-0.25, -0.2) is 4.79 Å². The monoisotopic (exact) mass is 350 g/mol. The van der Waals surface area contributed by atoms with Crippen molar-refractivity contribution in [2.45, 2.75) is 26.8 Å². The summed E-state index contributed by atoms with van der Waals surface area (Å²) in [5.74, 6) is -0.442. The Labute approximate surface area is 146 Å². The number of ether oxygens (including phenoxy) is 1. The van der Waals surface area contributed by atoms with E-state index in [1.807, 2.05) is 0 Å². The van der Waals surface area contributed by atoms with Crippen molar-refractivity contribution < 1.29 is 14.4 Å². The molecule has 0 unspecified atom stereocenters. The maximum Gasteiger partial charge on any atom is 0.337 e. The van der Waals surface area contributed by atoms with E-state index in [1.54, 1.807) is 22.8 Å². The number of methoxy groups -OCH3 is 1. The summed E-state index contributed by atoms with van der Waals surface area (Å²) in [7, 11) is 1.32. The largest absolute Gasteiger partial charge is 0.465 e. The quantitative estimate of drug-likeness (QED) is 0.581. The molecule has 1 aromatic heterocycles. The lowest BCUT2D eigenvalue weighted by molar-refractivity contribution is -0.896. The number of aromatic amines is 1. The molecule has 0 aliphatic carbocycles. The Kier molecular flexibility index (Phi) is 6.28. The van der Waals surface area contributed by atoms with Gasteiger partial charge in [-0.05, 0) is 44.3 Å². The van der Waals surface area contributed by atoms with Crippen LogP contribution in [0.25, 0.3) is 10.9 Å². The molecule has 0 saturated heterocycles. The van der Waals surface area contributed by atoms with E-state index in [4.69, 9.17) is 17.0 Å². The van der Waals surface area contributed by atoms with Gasteiger partial charge >= 0.3 is 5.97 Å².